The summed E-state index contributed by atoms with van der Waals surface area (Å²) in [5, 5.41) is 6.04. The number of nitrogen functional groups attached to an aromatic ring is 1. The Bertz CT molecular complexity index is 401. The Morgan fingerprint density at radius 1 is 1.53 bits per heavy atom. The largest absolute Gasteiger partial charge is 0.397 e. The lowest BCUT2D eigenvalue weighted by Gasteiger charge is -2.10. The molecule has 0 fully saturated rings. The van der Waals surface area contributed by atoms with E-state index in [9.17, 15) is 4.79 Å². The highest BCUT2D eigenvalue weighted by Crippen LogP contribution is 2.31. The molecule has 80 valence electrons. The lowest BCUT2D eigenvalue weighted by atomic mass is 10.1. The fraction of sp³-hybridized carbons (Fsp3) is 0.364. The third-order valence-corrected chi connectivity index (χ3v) is 2.47. The Morgan fingerprint density at radius 2 is 2.33 bits per heavy atom. The van der Waals surface area contributed by atoms with Crippen molar-refractivity contribution in [3.05, 3.63) is 17.7 Å². The van der Waals surface area contributed by atoms with Crippen LogP contribution in [0.5, 0.6) is 0 Å². The molecule has 0 saturated heterocycles. The highest BCUT2D eigenvalue weighted by molar-refractivity contribution is 6.00. The summed E-state index contributed by atoms with van der Waals surface area (Å²) in [6.45, 7) is 2.98. The van der Waals surface area contributed by atoms with E-state index in [-0.39, 0.29) is 5.91 Å². The van der Waals surface area contributed by atoms with E-state index in [2.05, 4.69) is 17.6 Å². The zero-order valence-corrected chi connectivity index (χ0v) is 8.76. The average Bonchev–Trinajstić information content (AvgIpc) is 2.53. The van der Waals surface area contributed by atoms with Crippen LogP contribution in [0.1, 0.15) is 18.9 Å². The van der Waals surface area contributed by atoms with E-state index in [4.69, 9.17) is 5.73 Å². The molecule has 0 saturated carbocycles. The molecule has 0 bridgehead atoms. The van der Waals surface area contributed by atoms with Crippen molar-refractivity contribution < 1.29 is 4.79 Å². The van der Waals surface area contributed by atoms with Crippen LogP contribution in [0.15, 0.2) is 12.1 Å². The van der Waals surface area contributed by atoms with Gasteiger partial charge in [0.25, 0.3) is 0 Å². The first-order valence-corrected chi connectivity index (χ1v) is 5.17. The van der Waals surface area contributed by atoms with Gasteiger partial charge in [-0.15, -0.1) is 0 Å². The second-order valence-electron chi connectivity index (χ2n) is 3.75. The van der Waals surface area contributed by atoms with Gasteiger partial charge in [0.1, 0.15) is 0 Å². The molecule has 4 nitrogen and oxygen atoms in total. The van der Waals surface area contributed by atoms with Gasteiger partial charge in [-0.05, 0) is 24.1 Å². The van der Waals surface area contributed by atoms with E-state index in [0.717, 1.165) is 29.9 Å². The van der Waals surface area contributed by atoms with E-state index in [0.29, 0.717) is 12.1 Å². The summed E-state index contributed by atoms with van der Waals surface area (Å²) in [6.07, 6.45) is 1.48. The van der Waals surface area contributed by atoms with E-state index in [1.807, 2.05) is 12.1 Å². The van der Waals surface area contributed by atoms with Crippen molar-refractivity contribution in [2.45, 2.75) is 19.8 Å². The molecule has 4 heteroatoms. The average molecular weight is 205 g/mol. The van der Waals surface area contributed by atoms with E-state index < -0.39 is 0 Å². The van der Waals surface area contributed by atoms with Gasteiger partial charge in [0.15, 0.2) is 0 Å². The van der Waals surface area contributed by atoms with Crippen LogP contribution in [-0.4, -0.2) is 12.5 Å². The second-order valence-corrected chi connectivity index (χ2v) is 3.75. The first-order valence-electron chi connectivity index (χ1n) is 5.17. The van der Waals surface area contributed by atoms with Crippen LogP contribution in [0.3, 0.4) is 0 Å². The number of carbonyl (C=O) groups excluding carboxylic acids is 1. The molecule has 0 radical (unpaired) electrons. The van der Waals surface area contributed by atoms with Gasteiger partial charge in [0.05, 0.1) is 17.8 Å². The van der Waals surface area contributed by atoms with Crippen molar-refractivity contribution in [1.82, 2.24) is 0 Å². The topological polar surface area (TPSA) is 67.1 Å². The number of carbonyl (C=O) groups is 1. The molecule has 0 spiro atoms. The summed E-state index contributed by atoms with van der Waals surface area (Å²) in [6, 6.07) is 3.77. The zero-order valence-electron chi connectivity index (χ0n) is 8.76. The van der Waals surface area contributed by atoms with Crippen LogP contribution in [-0.2, 0) is 11.2 Å². The third kappa shape index (κ3) is 1.88. The first kappa shape index (κ1) is 9.83. The van der Waals surface area contributed by atoms with E-state index in [1.165, 1.54) is 0 Å². The maximum Gasteiger partial charge on any atom is 0.228 e. The van der Waals surface area contributed by atoms with Gasteiger partial charge < -0.3 is 16.4 Å². The Hall–Kier alpha value is -1.71. The predicted molar refractivity (Wildman–Crippen MR) is 62.0 cm³/mol. The molecular formula is C11H15N3O. The fourth-order valence-electron chi connectivity index (χ4n) is 1.71. The Kier molecular flexibility index (Phi) is 2.49. The van der Waals surface area contributed by atoms with Gasteiger partial charge in [-0.2, -0.15) is 0 Å². The van der Waals surface area contributed by atoms with Crippen molar-refractivity contribution in [2.75, 3.05) is 22.9 Å². The van der Waals surface area contributed by atoms with E-state index in [1.54, 1.807) is 0 Å². The standard InChI is InChI=1S/C11H15N3O/c1-2-3-13-10-6-9-7(4-8(10)12)5-11(15)14-9/h4,6,13H,2-3,5,12H2,1H3,(H,14,15). The second kappa shape index (κ2) is 3.81. The molecule has 1 aliphatic heterocycles. The normalized spacial score (nSPS) is 13.5. The Balaban J connectivity index is 2.27. The molecule has 0 aromatic heterocycles. The third-order valence-electron chi connectivity index (χ3n) is 2.47. The monoisotopic (exact) mass is 205 g/mol. The van der Waals surface area contributed by atoms with Crippen molar-refractivity contribution >= 4 is 23.0 Å². The summed E-state index contributed by atoms with van der Waals surface area (Å²) in [7, 11) is 0. The number of fused-ring (bicyclic) bond motifs is 1. The van der Waals surface area contributed by atoms with Gasteiger partial charge in [0.2, 0.25) is 5.91 Å². The number of nitrogens with two attached hydrogens (primary N) is 1. The van der Waals surface area contributed by atoms with Crippen LogP contribution in [0.4, 0.5) is 17.1 Å². The van der Waals surface area contributed by atoms with Crippen molar-refractivity contribution in [1.29, 1.82) is 0 Å². The molecule has 0 atom stereocenters. The van der Waals surface area contributed by atoms with Gasteiger partial charge in [-0.3, -0.25) is 4.79 Å². The minimum Gasteiger partial charge on any atom is -0.397 e. The number of rotatable bonds is 3. The number of anilines is 3. The minimum absolute atomic E-state index is 0.0389. The molecule has 0 unspecified atom stereocenters. The Labute approximate surface area is 88.9 Å². The number of hydrogen-bond acceptors (Lipinski definition) is 3. The first-order chi connectivity index (χ1) is 7.20. The molecule has 1 aromatic rings. The van der Waals surface area contributed by atoms with Gasteiger partial charge >= 0.3 is 0 Å². The van der Waals surface area contributed by atoms with Crippen molar-refractivity contribution in [3.8, 4) is 0 Å². The SMILES string of the molecule is CCCNc1cc2c(cc1N)CC(=O)N2. The minimum atomic E-state index is 0.0389. The molecule has 15 heavy (non-hydrogen) atoms. The molecule has 1 aliphatic rings. The molecule has 1 amide bonds. The maximum atomic E-state index is 11.2. The predicted octanol–water partition coefficient (Wildman–Crippen LogP) is 1.59. The molecule has 0 aliphatic carbocycles. The molecule has 1 aromatic carbocycles. The maximum absolute atomic E-state index is 11.2. The Morgan fingerprint density at radius 3 is 3.07 bits per heavy atom. The quantitative estimate of drug-likeness (QED) is 0.656. The smallest absolute Gasteiger partial charge is 0.228 e. The highest BCUT2D eigenvalue weighted by atomic mass is 16.1. The van der Waals surface area contributed by atoms with Gasteiger partial charge in [-0.1, -0.05) is 6.92 Å². The number of amides is 1. The van der Waals surface area contributed by atoms with Crippen molar-refractivity contribution in [3.63, 3.8) is 0 Å². The molecule has 1 heterocycles. The zero-order chi connectivity index (χ0) is 10.8. The summed E-state index contributed by atoms with van der Waals surface area (Å²) < 4.78 is 0. The molecular weight excluding hydrogens is 190 g/mol. The molecule has 2 rings (SSSR count). The van der Waals surface area contributed by atoms with Crippen LogP contribution in [0.2, 0.25) is 0 Å². The van der Waals surface area contributed by atoms with Crippen LogP contribution < -0.4 is 16.4 Å². The summed E-state index contributed by atoms with van der Waals surface area (Å²) in [5.74, 6) is 0.0389. The number of benzene rings is 1. The molecule has 4 N–H and O–H groups in total. The summed E-state index contributed by atoms with van der Waals surface area (Å²) in [5.41, 5.74) is 9.35. The summed E-state index contributed by atoms with van der Waals surface area (Å²) >= 11 is 0. The lowest BCUT2D eigenvalue weighted by Crippen LogP contribution is -2.04. The van der Waals surface area contributed by atoms with Crippen LogP contribution in [0.25, 0.3) is 0 Å². The summed E-state index contributed by atoms with van der Waals surface area (Å²) in [4.78, 5) is 11.2. The van der Waals surface area contributed by atoms with E-state index >= 15 is 0 Å². The number of nitrogens with one attached hydrogen (secondary N) is 2. The number of hydrogen-bond donors (Lipinski definition) is 3. The lowest BCUT2D eigenvalue weighted by molar-refractivity contribution is -0.115. The van der Waals surface area contributed by atoms with Crippen LogP contribution in [0, 0.1) is 0 Å². The van der Waals surface area contributed by atoms with Crippen LogP contribution >= 0.6 is 0 Å². The van der Waals surface area contributed by atoms with Crippen molar-refractivity contribution in [2.24, 2.45) is 0 Å². The van der Waals surface area contributed by atoms with Gasteiger partial charge in [-0.25, -0.2) is 0 Å². The fourth-order valence-corrected chi connectivity index (χ4v) is 1.71. The highest BCUT2D eigenvalue weighted by Gasteiger charge is 2.18. The van der Waals surface area contributed by atoms with Gasteiger partial charge in [0, 0.05) is 12.2 Å².